The summed E-state index contributed by atoms with van der Waals surface area (Å²) in [6.07, 6.45) is 0.150. The molecule has 0 radical (unpaired) electrons. The van der Waals surface area contributed by atoms with Gasteiger partial charge >= 0.3 is 0 Å². The van der Waals surface area contributed by atoms with Gasteiger partial charge in [0.2, 0.25) is 11.8 Å². The van der Waals surface area contributed by atoms with Crippen LogP contribution in [0.5, 0.6) is 0 Å². The van der Waals surface area contributed by atoms with E-state index in [1.165, 1.54) is 6.92 Å². The van der Waals surface area contributed by atoms with Gasteiger partial charge in [0.15, 0.2) is 0 Å². The van der Waals surface area contributed by atoms with Gasteiger partial charge in [-0.15, -0.1) is 0 Å². The van der Waals surface area contributed by atoms with E-state index < -0.39 is 11.8 Å². The average molecular weight is 192 g/mol. The normalized spacial score (nSPS) is 9.57. The number of hydrazine groups is 1. The second kappa shape index (κ2) is 4.53. The van der Waals surface area contributed by atoms with Crippen LogP contribution in [0, 0.1) is 0 Å². The monoisotopic (exact) mass is 192 g/mol. The summed E-state index contributed by atoms with van der Waals surface area (Å²) in [6.45, 7) is 1.25. The number of carbonyl (C=O) groups excluding carboxylic acids is 2. The van der Waals surface area contributed by atoms with Crippen molar-refractivity contribution >= 4 is 11.8 Å². The van der Waals surface area contributed by atoms with Crippen LogP contribution in [0.1, 0.15) is 12.5 Å². The van der Waals surface area contributed by atoms with E-state index in [1.807, 2.05) is 30.3 Å². The number of hydrogen-bond donors (Lipinski definition) is 1. The van der Waals surface area contributed by atoms with Crippen LogP contribution in [0.2, 0.25) is 0 Å². The highest BCUT2D eigenvalue weighted by molar-refractivity contribution is 5.94. The van der Waals surface area contributed by atoms with Gasteiger partial charge in [0.1, 0.15) is 0 Å². The molecule has 0 saturated carbocycles. The second-order valence-electron chi connectivity index (χ2n) is 2.95. The van der Waals surface area contributed by atoms with E-state index in [0.717, 1.165) is 5.56 Å². The molecule has 1 rings (SSSR count). The fraction of sp³-hybridized carbons (Fsp3) is 0.200. The highest BCUT2D eigenvalue weighted by Crippen LogP contribution is 2.00. The molecule has 4 nitrogen and oxygen atoms in total. The molecule has 2 amide bonds. The van der Waals surface area contributed by atoms with E-state index in [4.69, 9.17) is 5.84 Å². The standard InChI is InChI=1S/C10H12N2O2/c1-8(13)12(11)10(14)7-9-5-3-2-4-6-9/h2-6H,7,11H2,1H3. The van der Waals surface area contributed by atoms with Crippen molar-refractivity contribution in [3.63, 3.8) is 0 Å². The van der Waals surface area contributed by atoms with E-state index in [-0.39, 0.29) is 6.42 Å². The molecule has 0 heterocycles. The van der Waals surface area contributed by atoms with Crippen molar-refractivity contribution in [3.8, 4) is 0 Å². The van der Waals surface area contributed by atoms with E-state index in [9.17, 15) is 9.59 Å². The van der Waals surface area contributed by atoms with Crippen LogP contribution in [0.25, 0.3) is 0 Å². The quantitative estimate of drug-likeness (QED) is 0.421. The number of carbonyl (C=O) groups is 2. The van der Waals surface area contributed by atoms with Crippen LogP contribution in [0.4, 0.5) is 0 Å². The van der Waals surface area contributed by atoms with Gasteiger partial charge in [-0.25, -0.2) is 10.9 Å². The van der Waals surface area contributed by atoms with Crippen molar-refractivity contribution in [2.75, 3.05) is 0 Å². The molecule has 0 fully saturated rings. The smallest absolute Gasteiger partial charge is 0.247 e. The number of amides is 2. The summed E-state index contributed by atoms with van der Waals surface area (Å²) in [6, 6.07) is 9.14. The predicted molar refractivity (Wildman–Crippen MR) is 51.9 cm³/mol. The molecule has 0 aromatic heterocycles. The van der Waals surface area contributed by atoms with Crippen molar-refractivity contribution in [3.05, 3.63) is 35.9 Å². The molecular formula is C10H12N2O2. The van der Waals surface area contributed by atoms with Gasteiger partial charge in [-0.3, -0.25) is 9.59 Å². The Bertz CT molecular complexity index is 335. The van der Waals surface area contributed by atoms with Gasteiger partial charge in [0.05, 0.1) is 6.42 Å². The summed E-state index contributed by atoms with van der Waals surface area (Å²) in [5, 5.41) is 0.632. The van der Waals surface area contributed by atoms with Crippen molar-refractivity contribution in [2.45, 2.75) is 13.3 Å². The Labute approximate surface area is 82.3 Å². The fourth-order valence-corrected chi connectivity index (χ4v) is 1.03. The SMILES string of the molecule is CC(=O)N(N)C(=O)Cc1ccccc1. The van der Waals surface area contributed by atoms with Gasteiger partial charge < -0.3 is 0 Å². The maximum Gasteiger partial charge on any atom is 0.247 e. The van der Waals surface area contributed by atoms with Crippen LogP contribution < -0.4 is 5.84 Å². The fourth-order valence-electron chi connectivity index (χ4n) is 1.03. The zero-order valence-electron chi connectivity index (χ0n) is 7.93. The molecule has 14 heavy (non-hydrogen) atoms. The third-order valence-corrected chi connectivity index (χ3v) is 1.81. The van der Waals surface area contributed by atoms with Gasteiger partial charge in [0.25, 0.3) is 0 Å². The van der Waals surface area contributed by atoms with Crippen LogP contribution >= 0.6 is 0 Å². The lowest BCUT2D eigenvalue weighted by Crippen LogP contribution is -2.41. The Hall–Kier alpha value is -1.68. The third kappa shape index (κ3) is 2.67. The minimum absolute atomic E-state index is 0.150. The molecule has 1 aromatic carbocycles. The van der Waals surface area contributed by atoms with E-state index in [2.05, 4.69) is 0 Å². The van der Waals surface area contributed by atoms with Crippen LogP contribution in [0.15, 0.2) is 30.3 Å². The lowest BCUT2D eigenvalue weighted by atomic mass is 10.1. The molecule has 0 aliphatic rings. The van der Waals surface area contributed by atoms with Gasteiger partial charge in [-0.05, 0) is 5.56 Å². The number of nitrogens with two attached hydrogens (primary N) is 1. The number of nitrogens with zero attached hydrogens (tertiary/aromatic N) is 1. The van der Waals surface area contributed by atoms with Crippen molar-refractivity contribution in [1.29, 1.82) is 0 Å². The molecule has 0 atom stereocenters. The summed E-state index contributed by atoms with van der Waals surface area (Å²) >= 11 is 0. The first-order valence-corrected chi connectivity index (χ1v) is 4.23. The highest BCUT2D eigenvalue weighted by Gasteiger charge is 2.13. The van der Waals surface area contributed by atoms with Gasteiger partial charge in [0, 0.05) is 6.92 Å². The predicted octanol–water partition coefficient (Wildman–Crippen LogP) is 0.478. The Balaban J connectivity index is 2.62. The summed E-state index contributed by atoms with van der Waals surface area (Å²) in [5.41, 5.74) is 0.842. The summed E-state index contributed by atoms with van der Waals surface area (Å²) in [7, 11) is 0. The molecule has 0 saturated heterocycles. The van der Waals surface area contributed by atoms with Crippen molar-refractivity contribution in [2.24, 2.45) is 5.84 Å². The van der Waals surface area contributed by atoms with Gasteiger partial charge in [-0.2, -0.15) is 0 Å². The molecule has 74 valence electrons. The molecule has 0 unspecified atom stereocenters. The second-order valence-corrected chi connectivity index (χ2v) is 2.95. The Morgan fingerprint density at radius 2 is 1.86 bits per heavy atom. The van der Waals surface area contributed by atoms with Crippen molar-refractivity contribution in [1.82, 2.24) is 5.01 Å². The molecule has 1 aromatic rings. The first-order valence-electron chi connectivity index (χ1n) is 4.23. The zero-order chi connectivity index (χ0) is 10.6. The first kappa shape index (κ1) is 10.4. The Morgan fingerprint density at radius 1 is 1.29 bits per heavy atom. The zero-order valence-corrected chi connectivity index (χ0v) is 7.93. The van der Waals surface area contributed by atoms with Gasteiger partial charge in [-0.1, -0.05) is 30.3 Å². The Morgan fingerprint density at radius 3 is 2.36 bits per heavy atom. The van der Waals surface area contributed by atoms with Crippen molar-refractivity contribution < 1.29 is 9.59 Å². The maximum atomic E-state index is 11.3. The Kier molecular flexibility index (Phi) is 3.36. The van der Waals surface area contributed by atoms with Crippen LogP contribution in [-0.4, -0.2) is 16.8 Å². The minimum Gasteiger partial charge on any atom is -0.273 e. The van der Waals surface area contributed by atoms with E-state index in [1.54, 1.807) is 0 Å². The number of benzene rings is 1. The minimum atomic E-state index is -0.453. The maximum absolute atomic E-state index is 11.3. The third-order valence-electron chi connectivity index (χ3n) is 1.81. The molecule has 2 N–H and O–H groups in total. The first-order chi connectivity index (χ1) is 6.61. The summed E-state index contributed by atoms with van der Waals surface area (Å²) < 4.78 is 0. The van der Waals surface area contributed by atoms with E-state index >= 15 is 0 Å². The van der Waals surface area contributed by atoms with Crippen LogP contribution in [0.3, 0.4) is 0 Å². The molecule has 0 spiro atoms. The topological polar surface area (TPSA) is 63.4 Å². The molecule has 0 bridgehead atoms. The molecule has 4 heteroatoms. The lowest BCUT2D eigenvalue weighted by molar-refractivity contribution is -0.143. The average Bonchev–Trinajstić information content (AvgIpc) is 2.18. The number of rotatable bonds is 2. The lowest BCUT2D eigenvalue weighted by Gasteiger charge is -2.11. The molecule has 0 aliphatic carbocycles. The van der Waals surface area contributed by atoms with Crippen LogP contribution in [-0.2, 0) is 16.0 Å². The van der Waals surface area contributed by atoms with E-state index in [0.29, 0.717) is 5.01 Å². The molecular weight excluding hydrogens is 180 g/mol. The highest BCUT2D eigenvalue weighted by atomic mass is 16.2. The number of imide groups is 1. The largest absolute Gasteiger partial charge is 0.273 e. The summed E-state index contributed by atoms with van der Waals surface area (Å²) in [5.74, 6) is 4.39. The molecule has 0 aliphatic heterocycles. The summed E-state index contributed by atoms with van der Waals surface area (Å²) in [4.78, 5) is 22.1. The number of hydrogen-bond acceptors (Lipinski definition) is 3.